The molecule has 0 amide bonds. The molecule has 5 atom stereocenters. The van der Waals surface area contributed by atoms with Gasteiger partial charge in [-0.15, -0.1) is 0 Å². The van der Waals surface area contributed by atoms with Gasteiger partial charge in [-0.05, 0) is 31.6 Å². The van der Waals surface area contributed by atoms with Gasteiger partial charge in [0.1, 0.15) is 19.3 Å². The van der Waals surface area contributed by atoms with Gasteiger partial charge in [0, 0.05) is 25.7 Å². The van der Waals surface area contributed by atoms with E-state index in [1.165, 1.54) is 154 Å². The number of carbonyl (C=O) groups excluding carboxylic acids is 4. The highest BCUT2D eigenvalue weighted by atomic mass is 31.2. The van der Waals surface area contributed by atoms with Crippen LogP contribution < -0.4 is 0 Å². The molecule has 0 radical (unpaired) electrons. The second kappa shape index (κ2) is 60.6. The molecule has 86 heavy (non-hydrogen) atoms. The fourth-order valence-corrected chi connectivity index (χ4v) is 11.7. The molecule has 0 spiro atoms. The van der Waals surface area contributed by atoms with Gasteiger partial charge in [0.05, 0.1) is 26.4 Å². The number of hydrogen-bond donors (Lipinski definition) is 3. The van der Waals surface area contributed by atoms with Crippen molar-refractivity contribution in [3.05, 3.63) is 0 Å². The smallest absolute Gasteiger partial charge is 0.462 e. The second-order valence-corrected chi connectivity index (χ2v) is 27.6. The van der Waals surface area contributed by atoms with Crippen LogP contribution in [0.25, 0.3) is 0 Å². The lowest BCUT2D eigenvalue weighted by molar-refractivity contribution is -0.161. The predicted octanol–water partition coefficient (Wildman–Crippen LogP) is 19.0. The van der Waals surface area contributed by atoms with Crippen LogP contribution in [0, 0.1) is 5.92 Å². The third-order valence-electron chi connectivity index (χ3n) is 15.5. The van der Waals surface area contributed by atoms with Gasteiger partial charge >= 0.3 is 39.5 Å². The first-order chi connectivity index (χ1) is 41.5. The average Bonchev–Trinajstić information content (AvgIpc) is 3.55. The second-order valence-electron chi connectivity index (χ2n) is 24.7. The summed E-state index contributed by atoms with van der Waals surface area (Å²) in [6.45, 7) is 7.16. The first-order valence-corrected chi connectivity index (χ1v) is 38.1. The van der Waals surface area contributed by atoms with E-state index < -0.39 is 97.5 Å². The molecule has 0 aromatic rings. The molecule has 0 rings (SSSR count). The Labute approximate surface area is 524 Å². The van der Waals surface area contributed by atoms with Gasteiger partial charge in [-0.2, -0.15) is 0 Å². The van der Waals surface area contributed by atoms with Gasteiger partial charge in [-0.3, -0.25) is 37.3 Å². The van der Waals surface area contributed by atoms with Gasteiger partial charge in [0.2, 0.25) is 0 Å². The lowest BCUT2D eigenvalue weighted by atomic mass is 10.0. The summed E-state index contributed by atoms with van der Waals surface area (Å²) in [5.41, 5.74) is 0. The summed E-state index contributed by atoms with van der Waals surface area (Å²) in [7, 11) is -9.88. The normalized spacial score (nSPS) is 14.2. The minimum absolute atomic E-state index is 0.106. The number of aliphatic hydroxyl groups is 1. The van der Waals surface area contributed by atoms with Gasteiger partial charge in [-0.25, -0.2) is 9.13 Å². The Morgan fingerprint density at radius 1 is 0.314 bits per heavy atom. The van der Waals surface area contributed by atoms with Crippen molar-refractivity contribution < 1.29 is 80.2 Å². The van der Waals surface area contributed by atoms with E-state index in [9.17, 15) is 43.2 Å². The average molecular weight is 1270 g/mol. The van der Waals surface area contributed by atoms with Crippen molar-refractivity contribution in [2.24, 2.45) is 5.92 Å². The van der Waals surface area contributed by atoms with Crippen molar-refractivity contribution >= 4 is 39.5 Å². The molecule has 0 aliphatic rings. The number of rotatable bonds is 67. The predicted molar refractivity (Wildman–Crippen MR) is 345 cm³/mol. The Morgan fingerprint density at radius 3 is 0.791 bits per heavy atom. The van der Waals surface area contributed by atoms with Crippen LogP contribution in [0.3, 0.4) is 0 Å². The number of unbranched alkanes of at least 4 members (excludes halogenated alkanes) is 39. The molecule has 19 heteroatoms. The van der Waals surface area contributed by atoms with Gasteiger partial charge in [0.15, 0.2) is 12.2 Å². The lowest BCUT2D eigenvalue weighted by Crippen LogP contribution is -2.30. The molecule has 0 aromatic carbocycles. The Hall–Kier alpha value is -1.94. The number of phosphoric ester groups is 2. The van der Waals surface area contributed by atoms with Crippen LogP contribution in [0.2, 0.25) is 0 Å². The Bertz CT molecular complexity index is 1670. The number of carbonyl (C=O) groups is 4. The minimum Gasteiger partial charge on any atom is -0.462 e. The fourth-order valence-electron chi connectivity index (χ4n) is 10.1. The van der Waals surface area contributed by atoms with Crippen molar-refractivity contribution in [2.45, 2.75) is 361 Å². The molecule has 0 aromatic heterocycles. The van der Waals surface area contributed by atoms with Crippen LogP contribution in [-0.2, 0) is 65.4 Å². The Kier molecular flexibility index (Phi) is 59.2. The number of hydrogen-bond acceptors (Lipinski definition) is 15. The lowest BCUT2D eigenvalue weighted by Gasteiger charge is -2.21. The molecule has 0 aliphatic heterocycles. The maximum absolute atomic E-state index is 13.0. The number of phosphoric acid groups is 2. The van der Waals surface area contributed by atoms with Crippen molar-refractivity contribution in [2.75, 3.05) is 39.6 Å². The largest absolute Gasteiger partial charge is 0.472 e. The molecule has 0 bridgehead atoms. The van der Waals surface area contributed by atoms with E-state index >= 15 is 0 Å². The van der Waals surface area contributed by atoms with Crippen LogP contribution in [0.5, 0.6) is 0 Å². The van der Waals surface area contributed by atoms with E-state index in [0.717, 1.165) is 109 Å². The van der Waals surface area contributed by atoms with Gasteiger partial charge in [0.25, 0.3) is 0 Å². The van der Waals surface area contributed by atoms with Crippen LogP contribution in [0.4, 0.5) is 0 Å². The molecule has 3 N–H and O–H groups in total. The molecule has 2 unspecified atom stereocenters. The quantitative estimate of drug-likeness (QED) is 0.0222. The molecule has 0 saturated carbocycles. The number of aliphatic hydroxyl groups excluding tert-OH is 1. The third-order valence-corrected chi connectivity index (χ3v) is 17.4. The maximum atomic E-state index is 13.0. The zero-order valence-electron chi connectivity index (χ0n) is 55.4. The van der Waals surface area contributed by atoms with Crippen molar-refractivity contribution in [3.8, 4) is 0 Å². The summed E-state index contributed by atoms with van der Waals surface area (Å²) in [6, 6.07) is 0. The van der Waals surface area contributed by atoms with Gasteiger partial charge < -0.3 is 33.8 Å². The monoisotopic (exact) mass is 1270 g/mol. The fraction of sp³-hybridized carbons (Fsp3) is 0.940. The van der Waals surface area contributed by atoms with Crippen LogP contribution in [0.1, 0.15) is 343 Å². The molecule has 510 valence electrons. The molecule has 0 saturated heterocycles. The summed E-state index contributed by atoms with van der Waals surface area (Å²) in [5, 5.41) is 10.5. The number of esters is 4. The highest BCUT2D eigenvalue weighted by Crippen LogP contribution is 2.45. The van der Waals surface area contributed by atoms with E-state index in [2.05, 4.69) is 34.6 Å². The molecule has 17 nitrogen and oxygen atoms in total. The summed E-state index contributed by atoms with van der Waals surface area (Å²) in [6.07, 6.45) is 46.0. The molecule has 0 fully saturated rings. The maximum Gasteiger partial charge on any atom is 0.472 e. The first kappa shape index (κ1) is 84.1. The zero-order valence-corrected chi connectivity index (χ0v) is 57.2. The third kappa shape index (κ3) is 60.9. The van der Waals surface area contributed by atoms with E-state index in [-0.39, 0.29) is 25.7 Å². The van der Waals surface area contributed by atoms with Gasteiger partial charge in [-0.1, -0.05) is 291 Å². The van der Waals surface area contributed by atoms with Crippen molar-refractivity contribution in [3.63, 3.8) is 0 Å². The summed E-state index contributed by atoms with van der Waals surface area (Å²) >= 11 is 0. The number of ether oxygens (including phenoxy) is 4. The topological polar surface area (TPSA) is 237 Å². The first-order valence-electron chi connectivity index (χ1n) is 35.1. The summed E-state index contributed by atoms with van der Waals surface area (Å²) < 4.78 is 68.0. The van der Waals surface area contributed by atoms with E-state index in [1.54, 1.807) is 0 Å². The van der Waals surface area contributed by atoms with E-state index in [1.807, 2.05) is 0 Å². The summed E-state index contributed by atoms with van der Waals surface area (Å²) in [4.78, 5) is 72.2. The molecular weight excluding hydrogens is 1140 g/mol. The van der Waals surface area contributed by atoms with Crippen molar-refractivity contribution in [1.82, 2.24) is 0 Å². The SMILES string of the molecule is CCCCCCCCCCCCCCCCCCCC(=O)O[C@H](COC(=O)CCCCCCCCCCCCC(C)C)COP(=O)(O)OC[C@@H](O)COP(=O)(O)OC[C@@H](COC(=O)CCCCCCCCC)OC(=O)CCCCCCCCCCC. The summed E-state index contributed by atoms with van der Waals surface area (Å²) in [5.74, 6) is -1.37. The highest BCUT2D eigenvalue weighted by Gasteiger charge is 2.30. The molecular formula is C67H130O17P2. The molecule has 0 heterocycles. The van der Waals surface area contributed by atoms with E-state index in [4.69, 9.17) is 37.0 Å². The van der Waals surface area contributed by atoms with Crippen LogP contribution in [0.15, 0.2) is 0 Å². The minimum atomic E-state index is -4.95. The van der Waals surface area contributed by atoms with Crippen LogP contribution >= 0.6 is 15.6 Å². The zero-order chi connectivity index (χ0) is 63.5. The Balaban J connectivity index is 5.18. The Morgan fingerprint density at radius 2 is 0.535 bits per heavy atom. The highest BCUT2D eigenvalue weighted by molar-refractivity contribution is 7.47. The van der Waals surface area contributed by atoms with Crippen molar-refractivity contribution in [1.29, 1.82) is 0 Å². The standard InChI is InChI=1S/C67H130O17P2/c1-6-9-12-15-18-20-21-22-23-24-25-26-27-33-38-43-48-53-67(72)84-63(57-78-65(70)51-46-41-36-32-29-28-31-35-39-44-49-60(4)5)59-82-86(75,76)80-55-61(68)54-79-85(73,74)81-58-62(56-77-64(69)50-45-40-34-17-14-11-8-3)83-66(71)52-47-42-37-30-19-16-13-10-7-2/h60-63,68H,6-59H2,1-5H3,(H,73,74)(H,75,76)/t61-,62+,63+/m0/s1. The van der Waals surface area contributed by atoms with E-state index in [0.29, 0.717) is 25.7 Å². The molecule has 0 aliphatic carbocycles. The van der Waals surface area contributed by atoms with Crippen LogP contribution in [-0.4, -0.2) is 96.7 Å².